The van der Waals surface area contributed by atoms with Gasteiger partial charge >= 0.3 is 0 Å². The summed E-state index contributed by atoms with van der Waals surface area (Å²) in [5.74, 6) is 0. The topological polar surface area (TPSA) is 41.4 Å². The van der Waals surface area contributed by atoms with Crippen LogP contribution in [0.15, 0.2) is 85.2 Å². The van der Waals surface area contributed by atoms with Gasteiger partial charge in [-0.1, -0.05) is 60.7 Å². The van der Waals surface area contributed by atoms with E-state index in [2.05, 4.69) is 69.0 Å². The molecule has 4 aromatic rings. The fraction of sp³-hybridized carbons (Fsp3) is 0.200. The van der Waals surface area contributed by atoms with Crippen molar-refractivity contribution in [3.63, 3.8) is 0 Å². The summed E-state index contributed by atoms with van der Waals surface area (Å²) < 4.78 is 2.19. The molecule has 1 heterocycles. The third-order valence-electron chi connectivity index (χ3n) is 5.31. The minimum absolute atomic E-state index is 0.000828. The number of carbonyl (C=O) groups excluding carboxylic acids is 1. The van der Waals surface area contributed by atoms with Crippen molar-refractivity contribution in [2.45, 2.75) is 6.04 Å². The molecule has 0 fully saturated rings. The predicted molar refractivity (Wildman–Crippen MR) is 122 cm³/mol. The highest BCUT2D eigenvalue weighted by Crippen LogP contribution is 2.31. The van der Waals surface area contributed by atoms with E-state index in [9.17, 15) is 4.79 Å². The van der Waals surface area contributed by atoms with Crippen LogP contribution in [-0.4, -0.2) is 48.0 Å². The van der Waals surface area contributed by atoms with Crippen LogP contribution in [0.1, 0.15) is 17.2 Å². The monoisotopic (exact) mass is 398 g/mol. The minimum Gasteiger partial charge on any atom is -0.319 e. The fourth-order valence-electron chi connectivity index (χ4n) is 3.73. The van der Waals surface area contributed by atoms with Crippen LogP contribution in [0.4, 0.5) is 5.69 Å². The van der Waals surface area contributed by atoms with Gasteiger partial charge < -0.3 is 14.4 Å². The highest BCUT2D eigenvalue weighted by Gasteiger charge is 2.19. The SMILES string of the molecule is CN(C)CCN(C=O)c1ccc2ncn(C(c3ccccc3)c3ccccc3)c2c1. The van der Waals surface area contributed by atoms with Gasteiger partial charge in [0.25, 0.3) is 0 Å². The molecule has 0 bridgehead atoms. The maximum atomic E-state index is 11.7. The molecular weight excluding hydrogens is 372 g/mol. The van der Waals surface area contributed by atoms with Gasteiger partial charge in [0.1, 0.15) is 0 Å². The summed E-state index contributed by atoms with van der Waals surface area (Å²) in [7, 11) is 4.01. The summed E-state index contributed by atoms with van der Waals surface area (Å²) in [6.45, 7) is 1.43. The van der Waals surface area contributed by atoms with Crippen LogP contribution in [0.25, 0.3) is 11.0 Å². The second-order valence-electron chi connectivity index (χ2n) is 7.65. The molecule has 1 amide bonds. The van der Waals surface area contributed by atoms with E-state index in [1.807, 2.05) is 44.7 Å². The molecule has 1 aromatic heterocycles. The summed E-state index contributed by atoms with van der Waals surface area (Å²) in [5, 5.41) is 0. The quantitative estimate of drug-likeness (QED) is 0.418. The molecule has 0 radical (unpaired) electrons. The smallest absolute Gasteiger partial charge is 0.214 e. The van der Waals surface area contributed by atoms with Crippen molar-refractivity contribution in [3.8, 4) is 0 Å². The molecule has 0 saturated heterocycles. The first-order chi connectivity index (χ1) is 14.7. The summed E-state index contributed by atoms with van der Waals surface area (Å²) in [6, 6.07) is 26.9. The van der Waals surface area contributed by atoms with Crippen molar-refractivity contribution in [3.05, 3.63) is 96.3 Å². The number of aromatic nitrogens is 2. The Balaban J connectivity index is 1.81. The van der Waals surface area contributed by atoms with Gasteiger partial charge in [-0.05, 0) is 43.4 Å². The molecule has 0 unspecified atom stereocenters. The number of imidazole rings is 1. The highest BCUT2D eigenvalue weighted by atomic mass is 16.1. The van der Waals surface area contributed by atoms with Crippen molar-refractivity contribution in [2.24, 2.45) is 0 Å². The van der Waals surface area contributed by atoms with Crippen LogP contribution in [-0.2, 0) is 4.79 Å². The number of benzene rings is 3. The normalized spacial score (nSPS) is 11.3. The molecule has 0 aliphatic carbocycles. The molecule has 0 aliphatic rings. The molecule has 0 spiro atoms. The molecule has 30 heavy (non-hydrogen) atoms. The van der Waals surface area contributed by atoms with Crippen LogP contribution in [0.2, 0.25) is 0 Å². The Kier molecular flexibility index (Phi) is 5.91. The Morgan fingerprint density at radius 1 is 0.900 bits per heavy atom. The van der Waals surface area contributed by atoms with Gasteiger partial charge in [-0.3, -0.25) is 4.79 Å². The van der Waals surface area contributed by atoms with Crippen molar-refractivity contribution >= 4 is 23.1 Å². The Morgan fingerprint density at radius 3 is 2.10 bits per heavy atom. The highest BCUT2D eigenvalue weighted by molar-refractivity contribution is 5.85. The lowest BCUT2D eigenvalue weighted by atomic mass is 9.98. The Hall–Kier alpha value is -3.44. The summed E-state index contributed by atoms with van der Waals surface area (Å²) in [4.78, 5) is 20.2. The lowest BCUT2D eigenvalue weighted by Crippen LogP contribution is -2.30. The molecule has 5 nitrogen and oxygen atoms in total. The number of carbonyl (C=O) groups is 1. The molecule has 4 rings (SSSR count). The molecule has 0 aliphatic heterocycles. The average Bonchev–Trinajstić information content (AvgIpc) is 3.19. The molecule has 5 heteroatoms. The third-order valence-corrected chi connectivity index (χ3v) is 5.31. The first-order valence-electron chi connectivity index (χ1n) is 10.1. The maximum absolute atomic E-state index is 11.7. The predicted octanol–water partition coefficient (Wildman–Crippen LogP) is 4.20. The van der Waals surface area contributed by atoms with E-state index in [1.54, 1.807) is 4.90 Å². The zero-order valence-corrected chi connectivity index (χ0v) is 17.3. The number of anilines is 1. The van der Waals surface area contributed by atoms with Crippen LogP contribution in [0.5, 0.6) is 0 Å². The van der Waals surface area contributed by atoms with Crippen molar-refractivity contribution in [1.29, 1.82) is 0 Å². The zero-order valence-electron chi connectivity index (χ0n) is 17.3. The molecule has 0 atom stereocenters. The van der Waals surface area contributed by atoms with Crippen LogP contribution in [0.3, 0.4) is 0 Å². The number of hydrogen-bond acceptors (Lipinski definition) is 3. The molecule has 0 saturated carbocycles. The molecular formula is C25H26N4O. The molecule has 0 N–H and O–H groups in total. The number of nitrogens with zero attached hydrogens (tertiary/aromatic N) is 4. The molecule has 3 aromatic carbocycles. The van der Waals surface area contributed by atoms with Gasteiger partial charge in [0.05, 0.1) is 23.4 Å². The fourth-order valence-corrected chi connectivity index (χ4v) is 3.73. The van der Waals surface area contributed by atoms with E-state index in [-0.39, 0.29) is 6.04 Å². The van der Waals surface area contributed by atoms with Crippen molar-refractivity contribution in [1.82, 2.24) is 14.5 Å². The Bertz CT molecular complexity index is 1070. The largest absolute Gasteiger partial charge is 0.319 e. The first-order valence-corrected chi connectivity index (χ1v) is 10.1. The van der Waals surface area contributed by atoms with E-state index < -0.39 is 0 Å². The van der Waals surface area contributed by atoms with Gasteiger partial charge in [-0.25, -0.2) is 4.98 Å². The second kappa shape index (κ2) is 8.93. The Morgan fingerprint density at radius 2 is 1.53 bits per heavy atom. The van der Waals surface area contributed by atoms with E-state index >= 15 is 0 Å². The van der Waals surface area contributed by atoms with Gasteiger partial charge in [-0.2, -0.15) is 0 Å². The number of hydrogen-bond donors (Lipinski definition) is 0. The van der Waals surface area contributed by atoms with Crippen LogP contribution < -0.4 is 4.90 Å². The second-order valence-corrected chi connectivity index (χ2v) is 7.65. The third kappa shape index (κ3) is 4.11. The number of likely N-dealkylation sites (N-methyl/N-ethyl adjacent to an activating group) is 1. The number of fused-ring (bicyclic) bond motifs is 1. The number of rotatable bonds is 8. The molecule has 152 valence electrons. The first kappa shape index (κ1) is 19.9. The van der Waals surface area contributed by atoms with Crippen LogP contribution >= 0.6 is 0 Å². The van der Waals surface area contributed by atoms with Crippen molar-refractivity contribution in [2.75, 3.05) is 32.1 Å². The Labute approximate surface area is 177 Å². The van der Waals surface area contributed by atoms with Crippen molar-refractivity contribution < 1.29 is 4.79 Å². The standard InChI is InChI=1S/C25H26N4O/c1-27(2)15-16-28(19-30)22-13-14-23-24(17-22)29(18-26-23)25(20-9-5-3-6-10-20)21-11-7-4-8-12-21/h3-14,17-19,25H,15-16H2,1-2H3. The summed E-state index contributed by atoms with van der Waals surface area (Å²) >= 11 is 0. The van der Waals surface area contributed by atoms with Gasteiger partial charge in [0, 0.05) is 18.8 Å². The summed E-state index contributed by atoms with van der Waals surface area (Å²) in [5.41, 5.74) is 5.17. The van der Waals surface area contributed by atoms with Crippen LogP contribution in [0, 0.1) is 0 Å². The zero-order chi connectivity index (χ0) is 20.9. The van der Waals surface area contributed by atoms with Gasteiger partial charge in [-0.15, -0.1) is 0 Å². The maximum Gasteiger partial charge on any atom is 0.214 e. The lowest BCUT2D eigenvalue weighted by Gasteiger charge is -2.22. The number of amides is 1. The van der Waals surface area contributed by atoms with E-state index in [0.717, 1.165) is 29.7 Å². The van der Waals surface area contributed by atoms with E-state index in [0.29, 0.717) is 6.54 Å². The van der Waals surface area contributed by atoms with Gasteiger partial charge in [0.2, 0.25) is 6.41 Å². The lowest BCUT2D eigenvalue weighted by molar-refractivity contribution is -0.107. The van der Waals surface area contributed by atoms with E-state index in [1.165, 1.54) is 11.1 Å². The van der Waals surface area contributed by atoms with Gasteiger partial charge in [0.15, 0.2) is 0 Å². The summed E-state index contributed by atoms with van der Waals surface area (Å²) in [6.07, 6.45) is 2.79. The van der Waals surface area contributed by atoms with E-state index in [4.69, 9.17) is 0 Å². The average molecular weight is 399 g/mol. The minimum atomic E-state index is -0.000828.